The number of allylic oxidation sites excluding steroid dienone is 2. The molecule has 70 valence electrons. The number of hydrogen-bond acceptors (Lipinski definition) is 0. The zero-order chi connectivity index (χ0) is 9.73. The average Bonchev–Trinajstić information content (AvgIpc) is 2.05. The maximum atomic E-state index is 12.4. The van der Waals surface area contributed by atoms with Crippen molar-refractivity contribution in [3.05, 3.63) is 11.7 Å². The normalized spacial score (nSPS) is 40.8. The lowest BCUT2D eigenvalue weighted by atomic mass is 10.2. The van der Waals surface area contributed by atoms with E-state index in [1.54, 1.807) is 0 Å². The van der Waals surface area contributed by atoms with E-state index in [2.05, 4.69) is 11.6 Å². The van der Waals surface area contributed by atoms with Crippen LogP contribution in [0, 0.1) is 0 Å². The van der Waals surface area contributed by atoms with Gasteiger partial charge < -0.3 is 0 Å². The molecule has 2 unspecified atom stereocenters. The van der Waals surface area contributed by atoms with Gasteiger partial charge >= 0.3 is 5.92 Å². The SMILES string of the molecule is FC1=C(F)C(F)(F)C(F)(Cl)C1F. The first-order valence-electron chi connectivity index (χ1n) is 2.68. The van der Waals surface area contributed by atoms with Gasteiger partial charge in [0, 0.05) is 0 Å². The summed E-state index contributed by atoms with van der Waals surface area (Å²) in [4.78, 5) is 0. The second-order valence-electron chi connectivity index (χ2n) is 2.22. The Morgan fingerprint density at radius 1 is 1.17 bits per heavy atom. The zero-order valence-electron chi connectivity index (χ0n) is 5.22. The van der Waals surface area contributed by atoms with Gasteiger partial charge in [-0.2, -0.15) is 8.78 Å². The maximum Gasteiger partial charge on any atom is 0.351 e. The minimum absolute atomic E-state index is 2.49. The third kappa shape index (κ3) is 0.870. The largest absolute Gasteiger partial charge is 0.351 e. The molecule has 0 aromatic heterocycles. The number of hydrogen-bond donors (Lipinski definition) is 0. The third-order valence-corrected chi connectivity index (χ3v) is 1.87. The standard InChI is InChI=1S/C5HClF6/c6-4(10)2(8)1(7)3(9)5(4,11)12/h2H. The van der Waals surface area contributed by atoms with Gasteiger partial charge in [-0.3, -0.25) is 0 Å². The Morgan fingerprint density at radius 3 is 1.67 bits per heavy atom. The molecule has 1 aliphatic carbocycles. The van der Waals surface area contributed by atoms with Crippen molar-refractivity contribution in [2.75, 3.05) is 0 Å². The molecule has 0 saturated carbocycles. The van der Waals surface area contributed by atoms with Crippen LogP contribution in [0.4, 0.5) is 26.3 Å². The molecule has 0 bridgehead atoms. The number of rotatable bonds is 0. The van der Waals surface area contributed by atoms with Gasteiger partial charge in [0.25, 0.3) is 5.13 Å². The maximum absolute atomic E-state index is 12.4. The van der Waals surface area contributed by atoms with Gasteiger partial charge in [-0.15, -0.1) is 0 Å². The molecular weight excluding hydrogens is 209 g/mol. The summed E-state index contributed by atoms with van der Waals surface area (Å²) in [5.41, 5.74) is 0. The molecule has 0 radical (unpaired) electrons. The van der Waals surface area contributed by atoms with Crippen LogP contribution < -0.4 is 0 Å². The van der Waals surface area contributed by atoms with Gasteiger partial charge in [-0.1, -0.05) is 11.6 Å². The van der Waals surface area contributed by atoms with Gasteiger partial charge in [0.05, 0.1) is 0 Å². The number of alkyl halides is 5. The van der Waals surface area contributed by atoms with Crippen molar-refractivity contribution in [2.45, 2.75) is 17.2 Å². The highest BCUT2D eigenvalue weighted by Gasteiger charge is 2.70. The number of halogens is 7. The Bertz CT molecular complexity index is 244. The monoisotopic (exact) mass is 210 g/mol. The third-order valence-electron chi connectivity index (χ3n) is 1.44. The Kier molecular flexibility index (Phi) is 1.86. The van der Waals surface area contributed by atoms with Crippen LogP contribution in [0.5, 0.6) is 0 Å². The summed E-state index contributed by atoms with van der Waals surface area (Å²) in [6.45, 7) is 0. The summed E-state index contributed by atoms with van der Waals surface area (Å²) in [5.74, 6) is -10.2. The van der Waals surface area contributed by atoms with Crippen molar-refractivity contribution in [3.8, 4) is 0 Å². The van der Waals surface area contributed by atoms with E-state index in [-0.39, 0.29) is 0 Å². The van der Waals surface area contributed by atoms with Gasteiger partial charge in [0.2, 0.25) is 12.0 Å². The minimum Gasteiger partial charge on any atom is -0.234 e. The van der Waals surface area contributed by atoms with E-state index in [4.69, 9.17) is 0 Å². The molecule has 1 aliphatic rings. The van der Waals surface area contributed by atoms with Gasteiger partial charge in [-0.05, 0) is 0 Å². The van der Waals surface area contributed by atoms with Crippen LogP contribution in [0.1, 0.15) is 0 Å². The van der Waals surface area contributed by atoms with E-state index in [1.165, 1.54) is 0 Å². The first-order valence-corrected chi connectivity index (χ1v) is 3.06. The Balaban J connectivity index is 3.22. The Labute approximate surface area is 67.8 Å². The molecule has 0 aromatic carbocycles. The molecule has 0 heterocycles. The fraction of sp³-hybridized carbons (Fsp3) is 0.600. The van der Waals surface area contributed by atoms with E-state index >= 15 is 0 Å². The van der Waals surface area contributed by atoms with Crippen molar-refractivity contribution in [2.24, 2.45) is 0 Å². The van der Waals surface area contributed by atoms with Crippen LogP contribution in [0.25, 0.3) is 0 Å². The molecule has 0 amide bonds. The molecule has 0 aliphatic heterocycles. The summed E-state index contributed by atoms with van der Waals surface area (Å²) < 4.78 is 73.0. The van der Waals surface area contributed by atoms with Crippen LogP contribution in [0.3, 0.4) is 0 Å². The van der Waals surface area contributed by atoms with Crippen molar-refractivity contribution >= 4 is 11.6 Å². The van der Waals surface area contributed by atoms with Crippen LogP contribution >= 0.6 is 11.6 Å². The summed E-state index contributed by atoms with van der Waals surface area (Å²) in [7, 11) is 0. The van der Waals surface area contributed by atoms with Gasteiger partial charge in [-0.25, -0.2) is 17.6 Å². The molecule has 2 atom stereocenters. The molecule has 12 heavy (non-hydrogen) atoms. The summed E-state index contributed by atoms with van der Waals surface area (Å²) in [6.07, 6.45) is -3.46. The fourth-order valence-electron chi connectivity index (χ4n) is 0.726. The highest BCUT2D eigenvalue weighted by Crippen LogP contribution is 2.54. The van der Waals surface area contributed by atoms with E-state index in [9.17, 15) is 26.3 Å². The molecule has 1 rings (SSSR count). The highest BCUT2D eigenvalue weighted by molar-refractivity contribution is 6.24. The second-order valence-corrected chi connectivity index (χ2v) is 2.77. The van der Waals surface area contributed by atoms with E-state index in [1.807, 2.05) is 0 Å². The Hall–Kier alpha value is -0.390. The minimum atomic E-state index is -4.95. The van der Waals surface area contributed by atoms with Crippen molar-refractivity contribution in [3.63, 3.8) is 0 Å². The molecular formula is C5HClF6. The molecule has 0 nitrogen and oxygen atoms in total. The Morgan fingerprint density at radius 2 is 1.58 bits per heavy atom. The molecule has 0 spiro atoms. The topological polar surface area (TPSA) is 0 Å². The van der Waals surface area contributed by atoms with E-state index in [0.29, 0.717) is 0 Å². The predicted octanol–water partition coefficient (Wildman–Crippen LogP) is 3.03. The smallest absolute Gasteiger partial charge is 0.234 e. The summed E-state index contributed by atoms with van der Waals surface area (Å²) in [5, 5.41) is -4.36. The molecule has 7 heteroatoms. The lowest BCUT2D eigenvalue weighted by molar-refractivity contribution is -0.0836. The summed E-state index contributed by atoms with van der Waals surface area (Å²) >= 11 is 4.29. The summed E-state index contributed by atoms with van der Waals surface area (Å²) in [6, 6.07) is 0. The predicted molar refractivity (Wildman–Crippen MR) is 28.8 cm³/mol. The fourth-order valence-corrected chi connectivity index (χ4v) is 0.905. The van der Waals surface area contributed by atoms with E-state index in [0.717, 1.165) is 0 Å². The molecule has 0 aromatic rings. The molecule has 0 N–H and O–H groups in total. The second kappa shape index (κ2) is 2.31. The lowest BCUT2D eigenvalue weighted by Crippen LogP contribution is -2.41. The first kappa shape index (κ1) is 9.70. The van der Waals surface area contributed by atoms with Crippen LogP contribution in [0.2, 0.25) is 0 Å². The lowest BCUT2D eigenvalue weighted by Gasteiger charge is -2.20. The van der Waals surface area contributed by atoms with Crippen molar-refractivity contribution < 1.29 is 26.3 Å². The van der Waals surface area contributed by atoms with Gasteiger partial charge in [0.1, 0.15) is 0 Å². The first-order chi connectivity index (χ1) is 5.23. The average molecular weight is 211 g/mol. The van der Waals surface area contributed by atoms with Crippen LogP contribution in [-0.4, -0.2) is 17.2 Å². The van der Waals surface area contributed by atoms with Crippen molar-refractivity contribution in [1.29, 1.82) is 0 Å². The van der Waals surface area contributed by atoms with Crippen LogP contribution in [0.15, 0.2) is 11.7 Å². The van der Waals surface area contributed by atoms with Crippen LogP contribution in [-0.2, 0) is 0 Å². The van der Waals surface area contributed by atoms with E-state index < -0.39 is 28.9 Å². The quantitative estimate of drug-likeness (QED) is 0.426. The van der Waals surface area contributed by atoms with Crippen molar-refractivity contribution in [1.82, 2.24) is 0 Å². The van der Waals surface area contributed by atoms with Gasteiger partial charge in [0.15, 0.2) is 5.83 Å². The highest BCUT2D eigenvalue weighted by atomic mass is 35.5. The zero-order valence-corrected chi connectivity index (χ0v) is 5.98. The molecule has 0 saturated heterocycles. The molecule has 0 fully saturated rings.